The van der Waals surface area contributed by atoms with Crippen LogP contribution in [0.2, 0.25) is 0 Å². The second-order valence-corrected chi connectivity index (χ2v) is 5.78. The quantitative estimate of drug-likeness (QED) is 0.874. The van der Waals surface area contributed by atoms with Crippen molar-refractivity contribution in [1.29, 1.82) is 0 Å². The van der Waals surface area contributed by atoms with Crippen molar-refractivity contribution in [2.45, 2.75) is 32.6 Å². The predicted octanol–water partition coefficient (Wildman–Crippen LogP) is 4.47. The molecule has 2 unspecified atom stereocenters. The number of fused-ring (bicyclic) bond motifs is 1. The number of hydrogen-bond acceptors (Lipinski definition) is 2. The van der Waals surface area contributed by atoms with Crippen molar-refractivity contribution in [2.24, 2.45) is 11.8 Å². The van der Waals surface area contributed by atoms with Gasteiger partial charge in [0.25, 0.3) is 0 Å². The Balaban J connectivity index is 1.74. The van der Waals surface area contributed by atoms with Gasteiger partial charge >= 0.3 is 0 Å². The standard InChI is InChI=1S/C17H22N2/c1-13-6-2-3-8-15(13)12-19-17-16-9-5-4-7-14(16)10-11-18-17/h4-5,7,9-11,13,15H,2-3,6,8,12H2,1H3,(H,18,19). The van der Waals surface area contributed by atoms with Crippen molar-refractivity contribution >= 4 is 16.6 Å². The molecule has 1 fully saturated rings. The Morgan fingerprint density at radius 2 is 2.00 bits per heavy atom. The molecule has 3 rings (SSSR count). The van der Waals surface area contributed by atoms with Gasteiger partial charge in [-0.1, -0.05) is 50.5 Å². The van der Waals surface area contributed by atoms with Crippen molar-refractivity contribution < 1.29 is 0 Å². The van der Waals surface area contributed by atoms with Crippen LogP contribution in [-0.2, 0) is 0 Å². The van der Waals surface area contributed by atoms with Crippen LogP contribution in [0.5, 0.6) is 0 Å². The van der Waals surface area contributed by atoms with Gasteiger partial charge < -0.3 is 5.32 Å². The highest BCUT2D eigenvalue weighted by Crippen LogP contribution is 2.30. The number of hydrogen-bond donors (Lipinski definition) is 1. The molecule has 1 aliphatic rings. The lowest BCUT2D eigenvalue weighted by Crippen LogP contribution is -2.24. The van der Waals surface area contributed by atoms with E-state index in [0.29, 0.717) is 0 Å². The van der Waals surface area contributed by atoms with E-state index in [1.165, 1.54) is 36.5 Å². The highest BCUT2D eigenvalue weighted by atomic mass is 15.0. The summed E-state index contributed by atoms with van der Waals surface area (Å²) < 4.78 is 0. The van der Waals surface area contributed by atoms with Crippen LogP contribution in [0.25, 0.3) is 10.8 Å². The van der Waals surface area contributed by atoms with E-state index in [0.717, 1.165) is 24.2 Å². The van der Waals surface area contributed by atoms with Crippen LogP contribution >= 0.6 is 0 Å². The normalized spacial score (nSPS) is 23.4. The van der Waals surface area contributed by atoms with Gasteiger partial charge in [-0.25, -0.2) is 4.98 Å². The molecule has 1 aromatic carbocycles. The van der Waals surface area contributed by atoms with Gasteiger partial charge in [-0.3, -0.25) is 0 Å². The Morgan fingerprint density at radius 1 is 1.16 bits per heavy atom. The fraction of sp³-hybridized carbons (Fsp3) is 0.471. The fourth-order valence-electron chi connectivity index (χ4n) is 3.18. The Bertz CT molecular complexity index is 544. The van der Waals surface area contributed by atoms with Crippen LogP contribution in [0, 0.1) is 11.8 Å². The van der Waals surface area contributed by atoms with Gasteiger partial charge in [0.2, 0.25) is 0 Å². The molecule has 0 radical (unpaired) electrons. The molecule has 0 aliphatic heterocycles. The van der Waals surface area contributed by atoms with Crippen LogP contribution in [0.15, 0.2) is 36.5 Å². The van der Waals surface area contributed by atoms with Gasteiger partial charge in [-0.15, -0.1) is 0 Å². The first-order chi connectivity index (χ1) is 9.34. The predicted molar refractivity (Wildman–Crippen MR) is 81.4 cm³/mol. The van der Waals surface area contributed by atoms with E-state index in [4.69, 9.17) is 0 Å². The van der Waals surface area contributed by atoms with Crippen molar-refractivity contribution in [3.05, 3.63) is 36.5 Å². The van der Waals surface area contributed by atoms with Gasteiger partial charge in [-0.2, -0.15) is 0 Å². The lowest BCUT2D eigenvalue weighted by Gasteiger charge is -2.29. The zero-order chi connectivity index (χ0) is 13.1. The number of nitrogens with zero attached hydrogens (tertiary/aromatic N) is 1. The Hall–Kier alpha value is -1.57. The van der Waals surface area contributed by atoms with Crippen LogP contribution in [0.1, 0.15) is 32.6 Å². The maximum Gasteiger partial charge on any atom is 0.133 e. The zero-order valence-electron chi connectivity index (χ0n) is 11.6. The van der Waals surface area contributed by atoms with Crippen molar-refractivity contribution in [1.82, 2.24) is 4.98 Å². The van der Waals surface area contributed by atoms with Crippen LogP contribution in [-0.4, -0.2) is 11.5 Å². The second-order valence-electron chi connectivity index (χ2n) is 5.78. The van der Waals surface area contributed by atoms with E-state index in [9.17, 15) is 0 Å². The van der Waals surface area contributed by atoms with E-state index in [2.05, 4.69) is 47.6 Å². The third kappa shape index (κ3) is 2.73. The minimum absolute atomic E-state index is 0.800. The summed E-state index contributed by atoms with van der Waals surface area (Å²) in [5.41, 5.74) is 0. The van der Waals surface area contributed by atoms with E-state index < -0.39 is 0 Å². The molecule has 0 saturated heterocycles. The van der Waals surface area contributed by atoms with Crippen LogP contribution in [0.3, 0.4) is 0 Å². The Kier molecular flexibility index (Phi) is 3.67. The number of benzene rings is 1. The third-order valence-electron chi connectivity index (χ3n) is 4.49. The van der Waals surface area contributed by atoms with E-state index in [1.54, 1.807) is 0 Å². The van der Waals surface area contributed by atoms with E-state index in [-0.39, 0.29) is 0 Å². The summed E-state index contributed by atoms with van der Waals surface area (Å²) >= 11 is 0. The summed E-state index contributed by atoms with van der Waals surface area (Å²) in [5.74, 6) is 2.68. The topological polar surface area (TPSA) is 24.9 Å². The van der Waals surface area contributed by atoms with E-state index >= 15 is 0 Å². The first-order valence-corrected chi connectivity index (χ1v) is 7.42. The first kappa shape index (κ1) is 12.5. The zero-order valence-corrected chi connectivity index (χ0v) is 11.6. The molecule has 0 spiro atoms. The Labute approximate surface area is 115 Å². The number of nitrogens with one attached hydrogen (secondary N) is 1. The number of pyridine rings is 1. The molecule has 2 aromatic rings. The van der Waals surface area contributed by atoms with Gasteiger partial charge in [0.1, 0.15) is 5.82 Å². The monoisotopic (exact) mass is 254 g/mol. The van der Waals surface area contributed by atoms with Crippen molar-refractivity contribution in [3.63, 3.8) is 0 Å². The minimum Gasteiger partial charge on any atom is -0.369 e. The molecule has 0 amide bonds. The van der Waals surface area contributed by atoms with Crippen LogP contribution < -0.4 is 5.32 Å². The number of rotatable bonds is 3. The molecule has 1 heterocycles. The van der Waals surface area contributed by atoms with Crippen molar-refractivity contribution in [2.75, 3.05) is 11.9 Å². The summed E-state index contributed by atoms with van der Waals surface area (Å²) in [7, 11) is 0. The fourth-order valence-corrected chi connectivity index (χ4v) is 3.18. The molecule has 1 N–H and O–H groups in total. The van der Waals surface area contributed by atoms with Crippen molar-refractivity contribution in [3.8, 4) is 0 Å². The minimum atomic E-state index is 0.800. The molecule has 100 valence electrons. The maximum atomic E-state index is 4.51. The lowest BCUT2D eigenvalue weighted by atomic mass is 9.80. The summed E-state index contributed by atoms with van der Waals surface area (Å²) in [6.45, 7) is 3.45. The number of aromatic nitrogens is 1. The van der Waals surface area contributed by atoms with Gasteiger partial charge in [-0.05, 0) is 29.7 Å². The summed E-state index contributed by atoms with van der Waals surface area (Å²) in [6.07, 6.45) is 7.44. The van der Waals surface area contributed by atoms with Gasteiger partial charge in [0.05, 0.1) is 0 Å². The SMILES string of the molecule is CC1CCCCC1CNc1nccc2ccccc12. The molecule has 1 aromatic heterocycles. The summed E-state index contributed by atoms with van der Waals surface area (Å²) in [5, 5.41) is 6.07. The molecule has 1 saturated carbocycles. The van der Waals surface area contributed by atoms with Gasteiger partial charge in [0.15, 0.2) is 0 Å². The highest BCUT2D eigenvalue weighted by Gasteiger charge is 2.21. The highest BCUT2D eigenvalue weighted by molar-refractivity contribution is 5.91. The molecule has 19 heavy (non-hydrogen) atoms. The van der Waals surface area contributed by atoms with Gasteiger partial charge in [0, 0.05) is 18.1 Å². The second kappa shape index (κ2) is 5.60. The molecular weight excluding hydrogens is 232 g/mol. The maximum absolute atomic E-state index is 4.51. The molecule has 1 aliphatic carbocycles. The average molecular weight is 254 g/mol. The van der Waals surface area contributed by atoms with Crippen LogP contribution in [0.4, 0.5) is 5.82 Å². The summed E-state index contributed by atoms with van der Waals surface area (Å²) in [4.78, 5) is 4.51. The third-order valence-corrected chi connectivity index (χ3v) is 4.49. The lowest BCUT2D eigenvalue weighted by molar-refractivity contribution is 0.268. The molecule has 2 nitrogen and oxygen atoms in total. The number of anilines is 1. The molecular formula is C17H22N2. The Morgan fingerprint density at radius 3 is 2.89 bits per heavy atom. The largest absolute Gasteiger partial charge is 0.369 e. The summed E-state index contributed by atoms with van der Waals surface area (Å²) in [6, 6.07) is 10.5. The molecule has 2 heteroatoms. The first-order valence-electron chi connectivity index (χ1n) is 7.42. The average Bonchev–Trinajstić information content (AvgIpc) is 2.46. The molecule has 0 bridgehead atoms. The molecule has 2 atom stereocenters. The van der Waals surface area contributed by atoms with E-state index in [1.807, 2.05) is 6.20 Å². The smallest absolute Gasteiger partial charge is 0.133 e.